The third-order valence-corrected chi connectivity index (χ3v) is 4.45. The number of ether oxygens (including phenoxy) is 2. The molecule has 0 aromatic heterocycles. The molecule has 1 fully saturated rings. The van der Waals surface area contributed by atoms with Crippen LogP contribution in [0.1, 0.15) is 30.9 Å². The Kier molecular flexibility index (Phi) is 5.88. The SMILES string of the molecule is CNC(CN(C)CC1CCC1)c1ccc(OC)cc1OC. The van der Waals surface area contributed by atoms with Gasteiger partial charge in [-0.25, -0.2) is 0 Å². The average molecular weight is 292 g/mol. The van der Waals surface area contributed by atoms with Gasteiger partial charge in [-0.05, 0) is 38.9 Å². The van der Waals surface area contributed by atoms with Crippen LogP contribution in [-0.4, -0.2) is 46.3 Å². The van der Waals surface area contributed by atoms with Crippen molar-refractivity contribution < 1.29 is 9.47 Å². The average Bonchev–Trinajstić information content (AvgIpc) is 2.48. The molecule has 1 aromatic carbocycles. The monoisotopic (exact) mass is 292 g/mol. The number of nitrogens with zero attached hydrogens (tertiary/aromatic N) is 1. The summed E-state index contributed by atoms with van der Waals surface area (Å²) in [5.41, 5.74) is 1.18. The van der Waals surface area contributed by atoms with Crippen LogP contribution < -0.4 is 14.8 Å². The summed E-state index contributed by atoms with van der Waals surface area (Å²) in [7, 11) is 7.60. The zero-order valence-corrected chi connectivity index (χ0v) is 13.7. The fourth-order valence-electron chi connectivity index (χ4n) is 2.95. The van der Waals surface area contributed by atoms with Crippen LogP contribution in [0.4, 0.5) is 0 Å². The van der Waals surface area contributed by atoms with E-state index in [1.165, 1.54) is 31.4 Å². The zero-order chi connectivity index (χ0) is 15.2. The second-order valence-corrected chi connectivity index (χ2v) is 5.97. The Hall–Kier alpha value is -1.26. The van der Waals surface area contributed by atoms with Gasteiger partial charge >= 0.3 is 0 Å². The molecule has 1 saturated carbocycles. The van der Waals surface area contributed by atoms with Crippen LogP contribution in [0.25, 0.3) is 0 Å². The summed E-state index contributed by atoms with van der Waals surface area (Å²) < 4.78 is 10.8. The van der Waals surface area contributed by atoms with Crippen molar-refractivity contribution >= 4 is 0 Å². The first-order chi connectivity index (χ1) is 10.2. The lowest BCUT2D eigenvalue weighted by molar-refractivity contribution is 0.192. The first kappa shape index (κ1) is 16.1. The molecular formula is C17H28N2O2. The molecule has 1 aromatic rings. The van der Waals surface area contributed by atoms with Crippen LogP contribution in [0.2, 0.25) is 0 Å². The van der Waals surface area contributed by atoms with Gasteiger partial charge in [0, 0.05) is 30.8 Å². The van der Waals surface area contributed by atoms with E-state index in [0.717, 1.165) is 24.0 Å². The number of methoxy groups -OCH3 is 2. The fraction of sp³-hybridized carbons (Fsp3) is 0.647. The lowest BCUT2D eigenvalue weighted by Gasteiger charge is -2.32. The Morgan fingerprint density at radius 2 is 2.05 bits per heavy atom. The van der Waals surface area contributed by atoms with E-state index in [4.69, 9.17) is 9.47 Å². The minimum atomic E-state index is 0.260. The summed E-state index contributed by atoms with van der Waals surface area (Å²) in [5, 5.41) is 3.41. The summed E-state index contributed by atoms with van der Waals surface area (Å²) >= 11 is 0. The number of hydrogen-bond donors (Lipinski definition) is 1. The van der Waals surface area contributed by atoms with Gasteiger partial charge in [-0.2, -0.15) is 0 Å². The predicted octanol–water partition coefficient (Wildman–Crippen LogP) is 2.70. The second-order valence-electron chi connectivity index (χ2n) is 5.97. The van der Waals surface area contributed by atoms with E-state index in [0.29, 0.717) is 0 Å². The van der Waals surface area contributed by atoms with Gasteiger partial charge in [0.2, 0.25) is 0 Å². The third-order valence-electron chi connectivity index (χ3n) is 4.45. The van der Waals surface area contributed by atoms with E-state index < -0.39 is 0 Å². The lowest BCUT2D eigenvalue weighted by Crippen LogP contribution is -2.36. The van der Waals surface area contributed by atoms with Crippen LogP contribution in [0.15, 0.2) is 18.2 Å². The highest BCUT2D eigenvalue weighted by Gasteiger charge is 2.22. The smallest absolute Gasteiger partial charge is 0.127 e. The molecule has 0 saturated heterocycles. The molecule has 1 N–H and O–H groups in total. The van der Waals surface area contributed by atoms with Crippen molar-refractivity contribution in [3.05, 3.63) is 23.8 Å². The number of benzene rings is 1. The molecule has 2 rings (SSSR count). The molecule has 0 heterocycles. The number of nitrogens with one attached hydrogen (secondary N) is 1. The van der Waals surface area contributed by atoms with Gasteiger partial charge < -0.3 is 19.7 Å². The molecule has 0 radical (unpaired) electrons. The first-order valence-electron chi connectivity index (χ1n) is 7.75. The lowest BCUT2D eigenvalue weighted by atomic mass is 9.85. The van der Waals surface area contributed by atoms with Crippen LogP contribution in [0.5, 0.6) is 11.5 Å². The minimum Gasteiger partial charge on any atom is -0.497 e. The highest BCUT2D eigenvalue weighted by Crippen LogP contribution is 2.31. The normalized spacial score (nSPS) is 16.6. The molecular weight excluding hydrogens is 264 g/mol. The molecule has 0 spiro atoms. The Balaban J connectivity index is 2.04. The standard InChI is InChI=1S/C17H28N2O2/c1-18-16(12-19(2)11-13-6-5-7-13)15-9-8-14(20-3)10-17(15)21-4/h8-10,13,16,18H,5-7,11-12H2,1-4H3. The van der Waals surface area contributed by atoms with Crippen LogP contribution >= 0.6 is 0 Å². The van der Waals surface area contributed by atoms with Gasteiger partial charge in [-0.1, -0.05) is 12.5 Å². The summed E-state index contributed by atoms with van der Waals surface area (Å²) in [5.74, 6) is 2.60. The maximum Gasteiger partial charge on any atom is 0.127 e. The zero-order valence-electron chi connectivity index (χ0n) is 13.7. The van der Waals surface area contributed by atoms with Crippen LogP contribution in [-0.2, 0) is 0 Å². The largest absolute Gasteiger partial charge is 0.497 e. The molecule has 1 aliphatic carbocycles. The first-order valence-corrected chi connectivity index (χ1v) is 7.75. The third kappa shape index (κ3) is 4.11. The molecule has 0 aliphatic heterocycles. The number of likely N-dealkylation sites (N-methyl/N-ethyl adjacent to an activating group) is 2. The molecule has 4 nitrogen and oxygen atoms in total. The molecule has 0 bridgehead atoms. The van der Waals surface area contributed by atoms with Gasteiger partial charge in [-0.3, -0.25) is 0 Å². The van der Waals surface area contributed by atoms with Gasteiger partial charge in [0.1, 0.15) is 11.5 Å². The number of hydrogen-bond acceptors (Lipinski definition) is 4. The van der Waals surface area contributed by atoms with Crippen molar-refractivity contribution in [2.75, 3.05) is 41.4 Å². The number of rotatable bonds is 8. The van der Waals surface area contributed by atoms with E-state index in [2.05, 4.69) is 23.3 Å². The Bertz CT molecular complexity index is 446. The molecule has 21 heavy (non-hydrogen) atoms. The van der Waals surface area contributed by atoms with E-state index >= 15 is 0 Å². The Morgan fingerprint density at radius 3 is 2.57 bits per heavy atom. The van der Waals surface area contributed by atoms with Crippen molar-refractivity contribution in [3.63, 3.8) is 0 Å². The van der Waals surface area contributed by atoms with E-state index in [9.17, 15) is 0 Å². The van der Waals surface area contributed by atoms with Crippen molar-refractivity contribution in [1.82, 2.24) is 10.2 Å². The highest BCUT2D eigenvalue weighted by molar-refractivity contribution is 5.42. The van der Waals surface area contributed by atoms with E-state index in [1.807, 2.05) is 19.2 Å². The molecule has 1 aliphatic rings. The maximum atomic E-state index is 5.53. The fourth-order valence-corrected chi connectivity index (χ4v) is 2.95. The minimum absolute atomic E-state index is 0.260. The van der Waals surface area contributed by atoms with Crippen molar-refractivity contribution in [2.24, 2.45) is 5.92 Å². The van der Waals surface area contributed by atoms with Crippen molar-refractivity contribution in [2.45, 2.75) is 25.3 Å². The molecule has 0 amide bonds. The maximum absolute atomic E-state index is 5.53. The summed E-state index contributed by atoms with van der Waals surface area (Å²) in [6.07, 6.45) is 4.18. The van der Waals surface area contributed by atoms with Gasteiger partial charge in [0.15, 0.2) is 0 Å². The topological polar surface area (TPSA) is 33.7 Å². The Morgan fingerprint density at radius 1 is 1.29 bits per heavy atom. The summed E-state index contributed by atoms with van der Waals surface area (Å²) in [4.78, 5) is 2.43. The summed E-state index contributed by atoms with van der Waals surface area (Å²) in [6, 6.07) is 6.30. The molecule has 118 valence electrons. The van der Waals surface area contributed by atoms with Crippen LogP contribution in [0.3, 0.4) is 0 Å². The van der Waals surface area contributed by atoms with Crippen LogP contribution in [0, 0.1) is 5.92 Å². The molecule has 4 heteroatoms. The van der Waals surface area contributed by atoms with Gasteiger partial charge in [0.05, 0.1) is 14.2 Å². The van der Waals surface area contributed by atoms with E-state index in [1.54, 1.807) is 14.2 Å². The van der Waals surface area contributed by atoms with Crippen molar-refractivity contribution in [1.29, 1.82) is 0 Å². The Labute approximate surface area is 128 Å². The predicted molar refractivity (Wildman–Crippen MR) is 86.2 cm³/mol. The summed E-state index contributed by atoms with van der Waals surface area (Å²) in [6.45, 7) is 2.17. The van der Waals surface area contributed by atoms with Gasteiger partial charge in [0.25, 0.3) is 0 Å². The molecule has 1 unspecified atom stereocenters. The quantitative estimate of drug-likeness (QED) is 0.799. The highest BCUT2D eigenvalue weighted by atomic mass is 16.5. The van der Waals surface area contributed by atoms with E-state index in [-0.39, 0.29) is 6.04 Å². The second kappa shape index (κ2) is 7.66. The van der Waals surface area contributed by atoms with Gasteiger partial charge in [-0.15, -0.1) is 0 Å². The molecule has 1 atom stereocenters. The van der Waals surface area contributed by atoms with Crippen molar-refractivity contribution in [3.8, 4) is 11.5 Å².